The Hall–Kier alpha value is -4.05. The summed E-state index contributed by atoms with van der Waals surface area (Å²) in [6.45, 7) is 5.41. The van der Waals surface area contributed by atoms with E-state index in [2.05, 4.69) is 5.32 Å². The van der Waals surface area contributed by atoms with Gasteiger partial charge in [-0.3, -0.25) is 13.9 Å². The molecule has 3 aromatic carbocycles. The number of hydrogen-bond donors (Lipinski definition) is 1. The van der Waals surface area contributed by atoms with E-state index < -0.39 is 28.5 Å². The predicted octanol–water partition coefficient (Wildman–Crippen LogP) is 3.76. The van der Waals surface area contributed by atoms with E-state index in [4.69, 9.17) is 9.47 Å². The van der Waals surface area contributed by atoms with Gasteiger partial charge in [-0.1, -0.05) is 48.0 Å². The number of anilines is 1. The van der Waals surface area contributed by atoms with Gasteiger partial charge in [-0.2, -0.15) is 0 Å². The number of nitrogens with zero attached hydrogens (tertiary/aromatic N) is 2. The van der Waals surface area contributed by atoms with E-state index in [1.54, 1.807) is 44.2 Å². The van der Waals surface area contributed by atoms with Crippen molar-refractivity contribution in [3.63, 3.8) is 0 Å². The van der Waals surface area contributed by atoms with Gasteiger partial charge in [0.1, 0.15) is 12.6 Å². The standard InChI is InChI=1S/C29H35N3O6S/c1-6-30-29(34)22(3)31(19-23-14-12-21(2)13-15-23)28(33)20-32(24-10-8-7-9-11-24)39(35,36)25-16-17-26(37-4)27(18-25)38-5/h7-18,22H,6,19-20H2,1-5H3,(H,30,34). The molecule has 0 spiro atoms. The number of rotatable bonds is 12. The number of likely N-dealkylation sites (N-methyl/N-ethyl adjacent to an activating group) is 1. The average Bonchev–Trinajstić information content (AvgIpc) is 2.95. The summed E-state index contributed by atoms with van der Waals surface area (Å²) in [5, 5.41) is 2.75. The number of sulfonamides is 1. The fourth-order valence-corrected chi connectivity index (χ4v) is 5.45. The predicted molar refractivity (Wildman–Crippen MR) is 150 cm³/mol. The van der Waals surface area contributed by atoms with Crippen molar-refractivity contribution >= 4 is 27.5 Å². The zero-order chi connectivity index (χ0) is 28.6. The molecule has 0 saturated carbocycles. The number of amides is 2. The number of aryl methyl sites for hydroxylation is 1. The SMILES string of the molecule is CCNC(=O)C(C)N(Cc1ccc(C)cc1)C(=O)CN(c1ccccc1)S(=O)(=O)c1ccc(OC)c(OC)c1. The first kappa shape index (κ1) is 29.5. The second kappa shape index (κ2) is 13.1. The maximum Gasteiger partial charge on any atom is 0.264 e. The highest BCUT2D eigenvalue weighted by molar-refractivity contribution is 7.92. The summed E-state index contributed by atoms with van der Waals surface area (Å²) in [5.41, 5.74) is 2.19. The monoisotopic (exact) mass is 553 g/mol. The van der Waals surface area contributed by atoms with Crippen molar-refractivity contribution in [2.75, 3.05) is 31.6 Å². The topological polar surface area (TPSA) is 105 Å². The van der Waals surface area contributed by atoms with Crippen LogP contribution in [0.25, 0.3) is 0 Å². The summed E-state index contributed by atoms with van der Waals surface area (Å²) in [5.74, 6) is -0.239. The zero-order valence-electron chi connectivity index (χ0n) is 22.9. The maximum absolute atomic E-state index is 13.9. The van der Waals surface area contributed by atoms with Crippen LogP contribution in [-0.4, -0.2) is 58.5 Å². The van der Waals surface area contributed by atoms with Gasteiger partial charge < -0.3 is 19.7 Å². The van der Waals surface area contributed by atoms with E-state index in [0.29, 0.717) is 18.0 Å². The van der Waals surface area contributed by atoms with Crippen molar-refractivity contribution in [3.05, 3.63) is 83.9 Å². The third-order valence-electron chi connectivity index (χ3n) is 6.26. The van der Waals surface area contributed by atoms with Gasteiger partial charge in [0.25, 0.3) is 10.0 Å². The lowest BCUT2D eigenvalue weighted by atomic mass is 10.1. The van der Waals surface area contributed by atoms with Crippen LogP contribution in [0.4, 0.5) is 5.69 Å². The fraction of sp³-hybridized carbons (Fsp3) is 0.310. The number of para-hydroxylation sites is 1. The lowest BCUT2D eigenvalue weighted by Crippen LogP contribution is -2.51. The molecule has 0 heterocycles. The molecule has 39 heavy (non-hydrogen) atoms. The molecule has 1 N–H and O–H groups in total. The Labute approximate surface area is 230 Å². The van der Waals surface area contributed by atoms with Crippen LogP contribution < -0.4 is 19.1 Å². The largest absolute Gasteiger partial charge is 0.493 e. The smallest absolute Gasteiger partial charge is 0.264 e. The quantitative estimate of drug-likeness (QED) is 0.366. The summed E-state index contributed by atoms with van der Waals surface area (Å²) < 4.78 is 39.5. The molecule has 0 bridgehead atoms. The van der Waals surface area contributed by atoms with Crippen molar-refractivity contribution < 1.29 is 27.5 Å². The molecule has 9 nitrogen and oxygen atoms in total. The van der Waals surface area contributed by atoms with E-state index in [0.717, 1.165) is 15.4 Å². The number of nitrogens with one attached hydrogen (secondary N) is 1. The van der Waals surface area contributed by atoms with Crippen molar-refractivity contribution in [1.82, 2.24) is 10.2 Å². The van der Waals surface area contributed by atoms with Gasteiger partial charge in [0.05, 0.1) is 24.8 Å². The van der Waals surface area contributed by atoms with Gasteiger partial charge in [-0.05, 0) is 50.6 Å². The summed E-state index contributed by atoms with van der Waals surface area (Å²) in [6.07, 6.45) is 0. The molecule has 0 fully saturated rings. The third kappa shape index (κ3) is 7.08. The normalized spacial score (nSPS) is 11.8. The van der Waals surface area contributed by atoms with Crippen molar-refractivity contribution in [3.8, 4) is 11.5 Å². The van der Waals surface area contributed by atoms with Gasteiger partial charge in [0.15, 0.2) is 11.5 Å². The highest BCUT2D eigenvalue weighted by Gasteiger charge is 2.32. The summed E-state index contributed by atoms with van der Waals surface area (Å²) in [7, 11) is -1.35. The fourth-order valence-electron chi connectivity index (χ4n) is 4.02. The van der Waals surface area contributed by atoms with Crippen LogP contribution in [0.15, 0.2) is 77.7 Å². The van der Waals surface area contributed by atoms with E-state index in [9.17, 15) is 18.0 Å². The maximum atomic E-state index is 13.9. The van der Waals surface area contributed by atoms with Gasteiger partial charge in [0.2, 0.25) is 11.8 Å². The van der Waals surface area contributed by atoms with Crippen molar-refractivity contribution in [2.24, 2.45) is 0 Å². The molecule has 0 aromatic heterocycles. The number of carbonyl (C=O) groups excluding carboxylic acids is 2. The van der Waals surface area contributed by atoms with Crippen LogP contribution in [0.5, 0.6) is 11.5 Å². The molecule has 10 heteroatoms. The second-order valence-electron chi connectivity index (χ2n) is 8.94. The number of benzene rings is 3. The first-order chi connectivity index (χ1) is 18.6. The summed E-state index contributed by atoms with van der Waals surface area (Å²) >= 11 is 0. The lowest BCUT2D eigenvalue weighted by Gasteiger charge is -2.32. The Morgan fingerprint density at radius 3 is 2.15 bits per heavy atom. The molecule has 0 aliphatic heterocycles. The van der Waals surface area contributed by atoms with Crippen LogP contribution in [0.2, 0.25) is 0 Å². The molecular formula is C29H35N3O6S. The van der Waals surface area contributed by atoms with Crippen LogP contribution in [0.1, 0.15) is 25.0 Å². The Balaban J connectivity index is 2.03. The van der Waals surface area contributed by atoms with E-state index >= 15 is 0 Å². The average molecular weight is 554 g/mol. The molecule has 3 aromatic rings. The first-order valence-electron chi connectivity index (χ1n) is 12.5. The van der Waals surface area contributed by atoms with Crippen LogP contribution in [-0.2, 0) is 26.2 Å². The molecule has 0 aliphatic rings. The minimum atomic E-state index is -4.23. The molecule has 0 radical (unpaired) electrons. The third-order valence-corrected chi connectivity index (χ3v) is 8.03. The van der Waals surface area contributed by atoms with E-state index in [1.165, 1.54) is 37.3 Å². The van der Waals surface area contributed by atoms with Gasteiger partial charge >= 0.3 is 0 Å². The Morgan fingerprint density at radius 1 is 0.923 bits per heavy atom. The molecular weight excluding hydrogens is 518 g/mol. The number of hydrogen-bond acceptors (Lipinski definition) is 6. The van der Waals surface area contributed by atoms with Crippen LogP contribution >= 0.6 is 0 Å². The molecule has 1 unspecified atom stereocenters. The minimum absolute atomic E-state index is 0.0707. The van der Waals surface area contributed by atoms with Gasteiger partial charge in [-0.15, -0.1) is 0 Å². The van der Waals surface area contributed by atoms with E-state index in [1.807, 2.05) is 31.2 Å². The number of methoxy groups -OCH3 is 2. The minimum Gasteiger partial charge on any atom is -0.493 e. The number of carbonyl (C=O) groups is 2. The van der Waals surface area contributed by atoms with Crippen molar-refractivity contribution in [2.45, 2.75) is 38.3 Å². The van der Waals surface area contributed by atoms with E-state index in [-0.39, 0.29) is 23.1 Å². The van der Waals surface area contributed by atoms with Crippen molar-refractivity contribution in [1.29, 1.82) is 0 Å². The molecule has 1 atom stereocenters. The highest BCUT2D eigenvalue weighted by Crippen LogP contribution is 2.32. The Bertz CT molecular complexity index is 1380. The Kier molecular flexibility index (Phi) is 9.95. The highest BCUT2D eigenvalue weighted by atomic mass is 32.2. The summed E-state index contributed by atoms with van der Waals surface area (Å²) in [6, 6.07) is 19.4. The molecule has 0 saturated heterocycles. The molecule has 208 valence electrons. The number of ether oxygens (including phenoxy) is 2. The van der Waals surface area contributed by atoms with Gasteiger partial charge in [0, 0.05) is 19.2 Å². The lowest BCUT2D eigenvalue weighted by molar-refractivity contribution is -0.139. The van der Waals surface area contributed by atoms with Gasteiger partial charge in [-0.25, -0.2) is 8.42 Å². The molecule has 3 rings (SSSR count). The second-order valence-corrected chi connectivity index (χ2v) is 10.8. The van der Waals surface area contributed by atoms with Crippen LogP contribution in [0, 0.1) is 6.92 Å². The molecule has 2 amide bonds. The zero-order valence-corrected chi connectivity index (χ0v) is 23.7. The van der Waals surface area contributed by atoms with Crippen LogP contribution in [0.3, 0.4) is 0 Å². The molecule has 0 aliphatic carbocycles. The summed E-state index contributed by atoms with van der Waals surface area (Å²) in [4.78, 5) is 27.9. The Morgan fingerprint density at radius 2 is 1.56 bits per heavy atom. The first-order valence-corrected chi connectivity index (χ1v) is 14.0.